The lowest BCUT2D eigenvalue weighted by molar-refractivity contribution is -0.210. The molecule has 0 spiro atoms. The van der Waals surface area contributed by atoms with Crippen molar-refractivity contribution >= 4 is 0 Å². The summed E-state index contributed by atoms with van der Waals surface area (Å²) in [6, 6.07) is 5.91. The molecule has 4 aromatic rings. The minimum atomic E-state index is -1.64. The lowest BCUT2D eigenvalue weighted by Crippen LogP contribution is -2.53. The fraction of sp³-hybridized carbons (Fsp3) is 0.273. The molecule has 1 fully saturated rings. The van der Waals surface area contributed by atoms with Gasteiger partial charge in [0, 0.05) is 5.56 Å². The van der Waals surface area contributed by atoms with E-state index in [1.807, 2.05) is 0 Å². The number of aliphatic hydroxyl groups is 3. The molecule has 2 aromatic heterocycles. The van der Waals surface area contributed by atoms with E-state index in [1.165, 1.54) is 35.3 Å². The third-order valence-corrected chi connectivity index (χ3v) is 5.93. The van der Waals surface area contributed by atoms with E-state index in [4.69, 9.17) is 4.74 Å². The van der Waals surface area contributed by atoms with Crippen LogP contribution in [-0.2, 0) is 4.74 Å². The standard InChI is InChI=1S/C22H18F4N6O4/c23-11-3-1-2-4-15(11)31-9-27-29-22(31)21-20(35)18(19(34)16(8-33)36-21)32-7-14(28-30-32)10-5-12(24)17(26)13(25)6-10/h1-7,9,16,18-21,33-35H,8H2/t16-,18+,19+,20-,21-/m1/s1. The van der Waals surface area contributed by atoms with E-state index in [0.29, 0.717) is 0 Å². The van der Waals surface area contributed by atoms with Crippen molar-refractivity contribution in [2.24, 2.45) is 0 Å². The Morgan fingerprint density at radius 3 is 2.36 bits per heavy atom. The minimum Gasteiger partial charge on any atom is -0.394 e. The second-order valence-corrected chi connectivity index (χ2v) is 8.10. The minimum absolute atomic E-state index is 0.0223. The number of ether oxygens (including phenoxy) is 1. The number of para-hydroxylation sites is 1. The molecular weight excluding hydrogens is 488 g/mol. The lowest BCUT2D eigenvalue weighted by atomic mass is 9.92. The SMILES string of the molecule is OC[C@H]1O[C@@H](c2nncn2-c2ccccc2F)[C@H](O)[C@@H](n2cc(-c3cc(F)c(F)c(F)c3)nn2)[C@H]1O. The highest BCUT2D eigenvalue weighted by Crippen LogP contribution is 2.38. The zero-order chi connectivity index (χ0) is 25.6. The van der Waals surface area contributed by atoms with E-state index in [-0.39, 0.29) is 22.8 Å². The van der Waals surface area contributed by atoms with Gasteiger partial charge in [-0.3, -0.25) is 4.57 Å². The average Bonchev–Trinajstić information content (AvgIpc) is 3.53. The molecule has 5 atom stereocenters. The van der Waals surface area contributed by atoms with E-state index in [9.17, 15) is 32.9 Å². The van der Waals surface area contributed by atoms with Gasteiger partial charge in [0.05, 0.1) is 18.5 Å². The summed E-state index contributed by atoms with van der Waals surface area (Å²) in [6.07, 6.45) is -3.24. The molecular formula is C22H18F4N6O4. The van der Waals surface area contributed by atoms with Crippen LogP contribution in [0.4, 0.5) is 17.6 Å². The smallest absolute Gasteiger partial charge is 0.194 e. The summed E-state index contributed by atoms with van der Waals surface area (Å²) in [6.45, 7) is -0.662. The van der Waals surface area contributed by atoms with Crippen LogP contribution in [0, 0.1) is 23.3 Å². The Kier molecular flexibility index (Phi) is 6.26. The third-order valence-electron chi connectivity index (χ3n) is 5.93. The Morgan fingerprint density at radius 2 is 1.67 bits per heavy atom. The van der Waals surface area contributed by atoms with Crippen LogP contribution in [0.3, 0.4) is 0 Å². The fourth-order valence-electron chi connectivity index (χ4n) is 4.16. The van der Waals surface area contributed by atoms with Crippen molar-refractivity contribution in [1.82, 2.24) is 29.8 Å². The maximum absolute atomic E-state index is 14.4. The van der Waals surface area contributed by atoms with Crippen LogP contribution < -0.4 is 0 Å². The number of aliphatic hydroxyl groups excluding tert-OH is 3. The van der Waals surface area contributed by atoms with Gasteiger partial charge in [-0.15, -0.1) is 15.3 Å². The molecule has 3 heterocycles. The molecule has 0 amide bonds. The van der Waals surface area contributed by atoms with Gasteiger partial charge in [-0.2, -0.15) is 0 Å². The average molecular weight is 506 g/mol. The highest BCUT2D eigenvalue weighted by atomic mass is 19.2. The molecule has 14 heteroatoms. The number of hydrogen-bond donors (Lipinski definition) is 3. The van der Waals surface area contributed by atoms with Gasteiger partial charge in [-0.25, -0.2) is 22.2 Å². The van der Waals surface area contributed by atoms with E-state index >= 15 is 0 Å². The predicted octanol–water partition coefficient (Wildman–Crippen LogP) is 1.48. The van der Waals surface area contributed by atoms with Crippen molar-refractivity contribution in [3.63, 3.8) is 0 Å². The van der Waals surface area contributed by atoms with Crippen molar-refractivity contribution in [3.8, 4) is 16.9 Å². The Hall–Kier alpha value is -3.72. The summed E-state index contributed by atoms with van der Waals surface area (Å²) in [4.78, 5) is 0. The maximum atomic E-state index is 14.4. The Bertz CT molecular complexity index is 1380. The van der Waals surface area contributed by atoms with E-state index in [1.54, 1.807) is 6.07 Å². The topological polar surface area (TPSA) is 131 Å². The summed E-state index contributed by atoms with van der Waals surface area (Å²) in [5.74, 6) is -5.13. The van der Waals surface area contributed by atoms with Gasteiger partial charge in [-0.1, -0.05) is 17.3 Å². The first-order valence-electron chi connectivity index (χ1n) is 10.6. The second-order valence-electron chi connectivity index (χ2n) is 8.10. The number of aromatic nitrogens is 6. The highest BCUT2D eigenvalue weighted by molar-refractivity contribution is 5.58. The van der Waals surface area contributed by atoms with Crippen LogP contribution in [-0.4, -0.2) is 70.0 Å². The third kappa shape index (κ3) is 4.03. The molecule has 2 aromatic carbocycles. The van der Waals surface area contributed by atoms with Gasteiger partial charge in [0.25, 0.3) is 0 Å². The molecule has 36 heavy (non-hydrogen) atoms. The first kappa shape index (κ1) is 24.0. The predicted molar refractivity (Wildman–Crippen MR) is 112 cm³/mol. The number of rotatable bonds is 5. The highest BCUT2D eigenvalue weighted by Gasteiger charge is 2.48. The summed E-state index contributed by atoms with van der Waals surface area (Å²) in [7, 11) is 0. The lowest BCUT2D eigenvalue weighted by Gasteiger charge is -2.41. The van der Waals surface area contributed by atoms with E-state index < -0.39 is 60.3 Å². The van der Waals surface area contributed by atoms with Gasteiger partial charge in [-0.05, 0) is 24.3 Å². The number of halogens is 4. The number of nitrogens with zero attached hydrogens (tertiary/aromatic N) is 6. The largest absolute Gasteiger partial charge is 0.394 e. The molecule has 0 bridgehead atoms. The number of hydrogen-bond acceptors (Lipinski definition) is 8. The van der Waals surface area contributed by atoms with Crippen LogP contribution in [0.1, 0.15) is 18.0 Å². The van der Waals surface area contributed by atoms with Crippen molar-refractivity contribution in [2.45, 2.75) is 30.5 Å². The Morgan fingerprint density at radius 1 is 0.944 bits per heavy atom. The van der Waals surface area contributed by atoms with Crippen LogP contribution in [0.15, 0.2) is 48.9 Å². The summed E-state index contributed by atoms with van der Waals surface area (Å²) >= 11 is 0. The second kappa shape index (κ2) is 9.39. The van der Waals surface area contributed by atoms with Gasteiger partial charge < -0.3 is 20.1 Å². The van der Waals surface area contributed by atoms with Crippen LogP contribution in [0.5, 0.6) is 0 Å². The van der Waals surface area contributed by atoms with E-state index in [2.05, 4.69) is 20.5 Å². The Labute approximate surface area is 200 Å². The zero-order valence-electron chi connectivity index (χ0n) is 18.2. The van der Waals surface area contributed by atoms with Crippen molar-refractivity contribution in [2.75, 3.05) is 6.61 Å². The van der Waals surface area contributed by atoms with Crippen LogP contribution in [0.2, 0.25) is 0 Å². The quantitative estimate of drug-likeness (QED) is 0.274. The van der Waals surface area contributed by atoms with E-state index in [0.717, 1.165) is 16.8 Å². The molecule has 10 nitrogen and oxygen atoms in total. The molecule has 1 aliphatic rings. The van der Waals surface area contributed by atoms with Crippen LogP contribution in [0.25, 0.3) is 16.9 Å². The first-order valence-corrected chi connectivity index (χ1v) is 10.6. The molecule has 3 N–H and O–H groups in total. The van der Waals surface area contributed by atoms with Gasteiger partial charge in [0.1, 0.15) is 48.3 Å². The normalized spacial score (nSPS) is 24.2. The summed E-state index contributed by atoms with van der Waals surface area (Å²) in [5.41, 5.74) is -0.145. The number of benzene rings is 2. The molecule has 0 unspecified atom stereocenters. The zero-order valence-corrected chi connectivity index (χ0v) is 18.2. The van der Waals surface area contributed by atoms with Crippen LogP contribution >= 0.6 is 0 Å². The molecule has 5 rings (SSSR count). The van der Waals surface area contributed by atoms with Gasteiger partial charge >= 0.3 is 0 Å². The van der Waals surface area contributed by atoms with Crippen molar-refractivity contribution in [1.29, 1.82) is 0 Å². The van der Waals surface area contributed by atoms with Gasteiger partial charge in [0.2, 0.25) is 0 Å². The monoisotopic (exact) mass is 506 g/mol. The summed E-state index contributed by atoms with van der Waals surface area (Å²) < 4.78 is 63.1. The molecule has 0 radical (unpaired) electrons. The fourth-order valence-corrected chi connectivity index (χ4v) is 4.16. The molecule has 1 aliphatic heterocycles. The van der Waals surface area contributed by atoms with Gasteiger partial charge in [0.15, 0.2) is 23.3 Å². The molecule has 188 valence electrons. The summed E-state index contributed by atoms with van der Waals surface area (Å²) in [5, 5.41) is 47.1. The maximum Gasteiger partial charge on any atom is 0.194 e. The van der Waals surface area contributed by atoms with Crippen molar-refractivity contribution < 1.29 is 37.6 Å². The molecule has 1 saturated heterocycles. The Balaban J connectivity index is 1.52. The first-order chi connectivity index (χ1) is 17.3. The molecule has 0 aliphatic carbocycles. The molecule has 0 saturated carbocycles. The van der Waals surface area contributed by atoms with Crippen molar-refractivity contribution in [3.05, 3.63) is 78.0 Å².